The Morgan fingerprint density at radius 3 is 2.32 bits per heavy atom. The predicted octanol–water partition coefficient (Wildman–Crippen LogP) is 2.87. The van der Waals surface area contributed by atoms with Gasteiger partial charge in [0, 0.05) is 4.90 Å². The highest BCUT2D eigenvalue weighted by Gasteiger charge is 2.34. The average molecular weight is 310 g/mol. The van der Waals surface area contributed by atoms with Gasteiger partial charge in [0.1, 0.15) is 5.57 Å². The van der Waals surface area contributed by atoms with Crippen molar-refractivity contribution in [2.24, 2.45) is 0 Å². The maximum atomic E-state index is 12.4. The van der Waals surface area contributed by atoms with Crippen LogP contribution >= 0.6 is 11.8 Å². The molecule has 1 heterocycles. The number of benzene rings is 2. The third kappa shape index (κ3) is 2.76. The number of nitrogens with one attached hydrogen (secondary N) is 1. The Kier molecular flexibility index (Phi) is 3.98. The van der Waals surface area contributed by atoms with Crippen LogP contribution < -0.4 is 10.4 Å². The molecule has 0 bridgehead atoms. The molecule has 22 heavy (non-hydrogen) atoms. The molecule has 2 aromatic rings. The molecule has 0 radical (unpaired) electrons. The van der Waals surface area contributed by atoms with Crippen LogP contribution in [-0.2, 0) is 9.59 Å². The van der Waals surface area contributed by atoms with Crippen LogP contribution in [0, 0.1) is 0 Å². The highest BCUT2D eigenvalue weighted by molar-refractivity contribution is 7.98. The predicted molar refractivity (Wildman–Crippen MR) is 88.3 cm³/mol. The van der Waals surface area contributed by atoms with Crippen molar-refractivity contribution in [3.05, 3.63) is 65.7 Å². The number of carbonyl (C=O) groups excluding carboxylic acids is 2. The first-order valence-electron chi connectivity index (χ1n) is 6.75. The van der Waals surface area contributed by atoms with Crippen molar-refractivity contribution in [3.8, 4) is 0 Å². The molecule has 0 unspecified atom stereocenters. The number of hydrazine groups is 1. The fraction of sp³-hybridized carbons (Fsp3) is 0.0588. The molecule has 1 aliphatic rings. The van der Waals surface area contributed by atoms with E-state index in [1.54, 1.807) is 30.0 Å². The Morgan fingerprint density at radius 1 is 1.00 bits per heavy atom. The van der Waals surface area contributed by atoms with Gasteiger partial charge >= 0.3 is 0 Å². The van der Waals surface area contributed by atoms with Crippen LogP contribution in [-0.4, -0.2) is 18.1 Å². The summed E-state index contributed by atoms with van der Waals surface area (Å²) >= 11 is 1.64. The van der Waals surface area contributed by atoms with Crippen molar-refractivity contribution >= 4 is 35.3 Å². The molecule has 0 spiro atoms. The topological polar surface area (TPSA) is 49.4 Å². The number of carbonyl (C=O) groups is 2. The van der Waals surface area contributed by atoms with Crippen molar-refractivity contribution < 1.29 is 9.59 Å². The van der Waals surface area contributed by atoms with Crippen molar-refractivity contribution in [3.63, 3.8) is 0 Å². The van der Waals surface area contributed by atoms with Crippen molar-refractivity contribution in [1.29, 1.82) is 0 Å². The number of para-hydroxylation sites is 1. The molecular weight excluding hydrogens is 296 g/mol. The van der Waals surface area contributed by atoms with Gasteiger partial charge in [0.05, 0.1) is 5.69 Å². The zero-order valence-corrected chi connectivity index (χ0v) is 12.8. The van der Waals surface area contributed by atoms with E-state index < -0.39 is 0 Å². The summed E-state index contributed by atoms with van der Waals surface area (Å²) in [5.41, 5.74) is 4.19. The summed E-state index contributed by atoms with van der Waals surface area (Å²) in [4.78, 5) is 25.6. The molecule has 2 amide bonds. The van der Waals surface area contributed by atoms with E-state index in [-0.39, 0.29) is 17.4 Å². The number of anilines is 1. The summed E-state index contributed by atoms with van der Waals surface area (Å²) in [6.45, 7) is 0. The maximum absolute atomic E-state index is 12.4. The van der Waals surface area contributed by atoms with E-state index in [4.69, 9.17) is 0 Å². The first-order valence-corrected chi connectivity index (χ1v) is 7.98. The molecule has 2 aromatic carbocycles. The molecular formula is C17H14N2O2S. The van der Waals surface area contributed by atoms with Gasteiger partial charge in [-0.15, -0.1) is 11.8 Å². The third-order valence-electron chi connectivity index (χ3n) is 3.33. The highest BCUT2D eigenvalue weighted by atomic mass is 32.2. The highest BCUT2D eigenvalue weighted by Crippen LogP contribution is 2.22. The minimum Gasteiger partial charge on any atom is -0.267 e. The van der Waals surface area contributed by atoms with Crippen LogP contribution in [0.25, 0.3) is 6.08 Å². The number of amides is 2. The Morgan fingerprint density at radius 2 is 1.68 bits per heavy atom. The van der Waals surface area contributed by atoms with Gasteiger partial charge < -0.3 is 0 Å². The lowest BCUT2D eigenvalue weighted by atomic mass is 10.1. The number of rotatable bonds is 3. The maximum Gasteiger partial charge on any atom is 0.282 e. The van der Waals surface area contributed by atoms with Crippen LogP contribution in [0.2, 0.25) is 0 Å². The molecule has 0 atom stereocenters. The summed E-state index contributed by atoms with van der Waals surface area (Å²) in [7, 11) is 0. The van der Waals surface area contributed by atoms with E-state index in [0.717, 1.165) is 10.5 Å². The number of nitrogens with zero attached hydrogens (tertiary/aromatic N) is 1. The first-order chi connectivity index (χ1) is 10.7. The first kappa shape index (κ1) is 14.4. The lowest BCUT2D eigenvalue weighted by molar-refractivity contribution is -0.117. The van der Waals surface area contributed by atoms with E-state index in [1.807, 2.05) is 48.7 Å². The molecule has 0 saturated carbocycles. The summed E-state index contributed by atoms with van der Waals surface area (Å²) < 4.78 is 0. The van der Waals surface area contributed by atoms with Gasteiger partial charge in [-0.3, -0.25) is 15.0 Å². The zero-order chi connectivity index (χ0) is 15.5. The molecule has 5 heteroatoms. The summed E-state index contributed by atoms with van der Waals surface area (Å²) in [6.07, 6.45) is 3.61. The van der Waals surface area contributed by atoms with Gasteiger partial charge in [0.15, 0.2) is 0 Å². The zero-order valence-electron chi connectivity index (χ0n) is 11.9. The number of hydrogen-bond acceptors (Lipinski definition) is 3. The Hall–Kier alpha value is -2.53. The molecule has 1 aliphatic heterocycles. The molecule has 4 nitrogen and oxygen atoms in total. The van der Waals surface area contributed by atoms with Crippen LogP contribution in [0.15, 0.2) is 65.1 Å². The smallest absolute Gasteiger partial charge is 0.267 e. The summed E-state index contributed by atoms with van der Waals surface area (Å²) in [6, 6.07) is 16.7. The molecule has 0 aromatic heterocycles. The standard InChI is InChI=1S/C17H14N2O2S/c1-22-14-9-7-12(8-10-14)11-15-16(20)18-19(17(15)21)13-5-3-2-4-6-13/h2-11H,1H3,(H,18,20)/b15-11-. The molecule has 0 aliphatic carbocycles. The van der Waals surface area contributed by atoms with Gasteiger partial charge in [-0.1, -0.05) is 30.3 Å². The van der Waals surface area contributed by atoms with Crippen molar-refractivity contribution in [2.75, 3.05) is 11.3 Å². The fourth-order valence-corrected chi connectivity index (χ4v) is 2.59. The Bertz CT molecular complexity index is 739. The van der Waals surface area contributed by atoms with Crippen LogP contribution in [0.3, 0.4) is 0 Å². The van der Waals surface area contributed by atoms with E-state index in [9.17, 15) is 9.59 Å². The largest absolute Gasteiger partial charge is 0.282 e. The lowest BCUT2D eigenvalue weighted by Gasteiger charge is -2.13. The third-order valence-corrected chi connectivity index (χ3v) is 4.08. The molecule has 110 valence electrons. The van der Waals surface area contributed by atoms with Gasteiger partial charge in [-0.05, 0) is 42.2 Å². The second-order valence-electron chi connectivity index (χ2n) is 4.75. The van der Waals surface area contributed by atoms with Crippen molar-refractivity contribution in [2.45, 2.75) is 4.90 Å². The number of hydrogen-bond donors (Lipinski definition) is 1. The van der Waals surface area contributed by atoms with Crippen molar-refractivity contribution in [1.82, 2.24) is 5.43 Å². The second kappa shape index (κ2) is 6.07. The van der Waals surface area contributed by atoms with Gasteiger partial charge in [-0.2, -0.15) is 0 Å². The second-order valence-corrected chi connectivity index (χ2v) is 5.63. The minimum atomic E-state index is -0.386. The van der Waals surface area contributed by atoms with Crippen LogP contribution in [0.1, 0.15) is 5.56 Å². The lowest BCUT2D eigenvalue weighted by Crippen LogP contribution is -2.35. The summed E-state index contributed by atoms with van der Waals surface area (Å²) in [5.74, 6) is -0.729. The SMILES string of the molecule is CSc1ccc(/C=C2/C(=O)NN(c3ccccc3)C2=O)cc1. The quantitative estimate of drug-likeness (QED) is 0.539. The molecule has 1 N–H and O–H groups in total. The van der Waals surface area contributed by atoms with Crippen LogP contribution in [0.5, 0.6) is 0 Å². The van der Waals surface area contributed by atoms with Gasteiger partial charge in [0.2, 0.25) is 0 Å². The fourth-order valence-electron chi connectivity index (χ4n) is 2.18. The average Bonchev–Trinajstić information content (AvgIpc) is 2.84. The van der Waals surface area contributed by atoms with E-state index in [1.165, 1.54) is 5.01 Å². The number of thioether (sulfide) groups is 1. The molecule has 1 saturated heterocycles. The van der Waals surface area contributed by atoms with Gasteiger partial charge in [-0.25, -0.2) is 5.01 Å². The van der Waals surface area contributed by atoms with Crippen LogP contribution in [0.4, 0.5) is 5.69 Å². The Labute approximate surface area is 132 Å². The Balaban J connectivity index is 1.89. The van der Waals surface area contributed by atoms with E-state index >= 15 is 0 Å². The molecule has 3 rings (SSSR count). The van der Waals surface area contributed by atoms with Gasteiger partial charge in [0.25, 0.3) is 11.8 Å². The minimum absolute atomic E-state index is 0.140. The van der Waals surface area contributed by atoms with E-state index in [0.29, 0.717) is 5.69 Å². The normalized spacial score (nSPS) is 16.2. The summed E-state index contributed by atoms with van der Waals surface area (Å²) in [5, 5.41) is 1.27. The molecule has 1 fully saturated rings. The van der Waals surface area contributed by atoms with E-state index in [2.05, 4.69) is 5.43 Å². The monoisotopic (exact) mass is 310 g/mol.